The minimum atomic E-state index is -3.66. The Morgan fingerprint density at radius 1 is 1.45 bits per heavy atom. The lowest BCUT2D eigenvalue weighted by Crippen LogP contribution is -2.61. The molecule has 0 heterocycles. The van der Waals surface area contributed by atoms with Crippen molar-refractivity contribution in [3.63, 3.8) is 0 Å². The number of nitrogens with one attached hydrogen (secondary N) is 1. The van der Waals surface area contributed by atoms with E-state index in [4.69, 9.17) is 10.5 Å². The number of ether oxygens (including phenoxy) is 1. The number of nitrogens with two attached hydrogens (primary N) is 1. The number of methoxy groups -OCH3 is 1. The zero-order valence-electron chi connectivity index (χ0n) is 11.8. The Hall–Kier alpha value is -1.31. The molecule has 4 N–H and O–H groups in total. The SMILES string of the molecule is COc1cc(S(=O)(=O)NC2CC(O)C2(C)C)ccc1N. The van der Waals surface area contributed by atoms with Crippen LogP contribution in [0.25, 0.3) is 0 Å². The van der Waals surface area contributed by atoms with E-state index < -0.39 is 21.5 Å². The molecule has 0 radical (unpaired) electrons. The van der Waals surface area contributed by atoms with E-state index in [-0.39, 0.29) is 10.9 Å². The fourth-order valence-electron chi connectivity index (χ4n) is 2.22. The summed E-state index contributed by atoms with van der Waals surface area (Å²) in [4.78, 5) is 0.0979. The fourth-order valence-corrected chi connectivity index (χ4v) is 3.64. The van der Waals surface area contributed by atoms with Gasteiger partial charge in [0, 0.05) is 17.5 Å². The highest BCUT2D eigenvalue weighted by atomic mass is 32.2. The Morgan fingerprint density at radius 3 is 2.60 bits per heavy atom. The van der Waals surface area contributed by atoms with Crippen molar-refractivity contribution in [1.29, 1.82) is 0 Å². The smallest absolute Gasteiger partial charge is 0.240 e. The maximum absolute atomic E-state index is 12.3. The maximum atomic E-state index is 12.3. The van der Waals surface area contributed by atoms with E-state index in [0.29, 0.717) is 17.9 Å². The Kier molecular flexibility index (Phi) is 3.70. The summed E-state index contributed by atoms with van der Waals surface area (Å²) >= 11 is 0. The zero-order valence-corrected chi connectivity index (χ0v) is 12.6. The average molecular weight is 300 g/mol. The molecule has 20 heavy (non-hydrogen) atoms. The molecule has 1 saturated carbocycles. The molecular weight excluding hydrogens is 280 g/mol. The summed E-state index contributed by atoms with van der Waals surface area (Å²) < 4.78 is 32.3. The Balaban J connectivity index is 2.23. The quantitative estimate of drug-likeness (QED) is 0.711. The van der Waals surface area contributed by atoms with Crippen LogP contribution in [0, 0.1) is 5.41 Å². The first-order chi connectivity index (χ1) is 9.18. The second-order valence-corrected chi connectivity index (χ2v) is 7.36. The van der Waals surface area contributed by atoms with Crippen molar-refractivity contribution in [1.82, 2.24) is 4.72 Å². The monoisotopic (exact) mass is 300 g/mol. The lowest BCUT2D eigenvalue weighted by molar-refractivity contribution is -0.0645. The number of rotatable bonds is 4. The van der Waals surface area contributed by atoms with Gasteiger partial charge in [-0.25, -0.2) is 13.1 Å². The summed E-state index contributed by atoms with van der Waals surface area (Å²) in [5.74, 6) is 0.320. The van der Waals surface area contributed by atoms with Crippen LogP contribution in [0.3, 0.4) is 0 Å². The largest absolute Gasteiger partial charge is 0.495 e. The molecule has 1 aliphatic carbocycles. The van der Waals surface area contributed by atoms with Crippen molar-refractivity contribution in [3.05, 3.63) is 18.2 Å². The molecule has 112 valence electrons. The Morgan fingerprint density at radius 2 is 2.10 bits per heavy atom. The van der Waals surface area contributed by atoms with Crippen LogP contribution in [-0.4, -0.2) is 32.8 Å². The molecule has 2 rings (SSSR count). The number of hydrogen-bond acceptors (Lipinski definition) is 5. The zero-order chi connectivity index (χ0) is 15.1. The third-order valence-electron chi connectivity index (χ3n) is 4.03. The summed E-state index contributed by atoms with van der Waals surface area (Å²) in [5.41, 5.74) is 5.58. The molecule has 1 aromatic rings. The number of nitrogen functional groups attached to an aromatic ring is 1. The van der Waals surface area contributed by atoms with Crippen molar-refractivity contribution in [2.75, 3.05) is 12.8 Å². The third kappa shape index (κ3) is 2.48. The summed E-state index contributed by atoms with van der Waals surface area (Å²) in [6, 6.07) is 4.03. The van der Waals surface area contributed by atoms with E-state index in [1.165, 1.54) is 25.3 Å². The van der Waals surface area contributed by atoms with Crippen LogP contribution in [0.5, 0.6) is 5.75 Å². The molecule has 0 saturated heterocycles. The van der Waals surface area contributed by atoms with Crippen LogP contribution in [-0.2, 0) is 10.0 Å². The summed E-state index contributed by atoms with van der Waals surface area (Å²) in [5, 5.41) is 9.66. The number of aliphatic hydroxyl groups excluding tert-OH is 1. The number of hydrogen-bond donors (Lipinski definition) is 3. The van der Waals surface area contributed by atoms with Gasteiger partial charge in [-0.1, -0.05) is 13.8 Å². The van der Waals surface area contributed by atoms with Gasteiger partial charge < -0.3 is 15.6 Å². The molecule has 1 fully saturated rings. The molecule has 0 amide bonds. The molecule has 7 heteroatoms. The van der Waals surface area contributed by atoms with Crippen LogP contribution in [0.1, 0.15) is 20.3 Å². The lowest BCUT2D eigenvalue weighted by Gasteiger charge is -2.49. The van der Waals surface area contributed by atoms with Gasteiger partial charge in [0.05, 0.1) is 23.8 Å². The minimum Gasteiger partial charge on any atom is -0.495 e. The molecule has 2 unspecified atom stereocenters. The molecule has 2 atom stereocenters. The maximum Gasteiger partial charge on any atom is 0.240 e. The Labute approximate surface area is 119 Å². The molecular formula is C13H20N2O4S. The van der Waals surface area contributed by atoms with Crippen LogP contribution >= 0.6 is 0 Å². The standard InChI is InChI=1S/C13H20N2O4S/c1-13(2)11(7-12(13)16)15-20(17,18)8-4-5-9(14)10(6-8)19-3/h4-6,11-12,15-16H,7,14H2,1-3H3. The van der Waals surface area contributed by atoms with E-state index in [1.807, 2.05) is 13.8 Å². The Bertz CT molecular complexity index is 613. The van der Waals surface area contributed by atoms with E-state index in [9.17, 15) is 13.5 Å². The second-order valence-electron chi connectivity index (χ2n) is 5.65. The van der Waals surface area contributed by atoms with Gasteiger partial charge >= 0.3 is 0 Å². The van der Waals surface area contributed by atoms with Crippen molar-refractivity contribution in [3.8, 4) is 5.75 Å². The van der Waals surface area contributed by atoms with Crippen molar-refractivity contribution in [2.24, 2.45) is 5.41 Å². The van der Waals surface area contributed by atoms with Crippen LogP contribution in [0.15, 0.2) is 23.1 Å². The van der Waals surface area contributed by atoms with Gasteiger partial charge in [-0.3, -0.25) is 0 Å². The highest BCUT2D eigenvalue weighted by molar-refractivity contribution is 7.89. The van der Waals surface area contributed by atoms with Gasteiger partial charge in [-0.05, 0) is 18.6 Å². The molecule has 1 aromatic carbocycles. The van der Waals surface area contributed by atoms with Gasteiger partial charge in [-0.2, -0.15) is 0 Å². The first-order valence-corrected chi connectivity index (χ1v) is 7.80. The first-order valence-electron chi connectivity index (χ1n) is 6.32. The molecule has 0 spiro atoms. The first kappa shape index (κ1) is 15.1. The number of aliphatic hydroxyl groups is 1. The van der Waals surface area contributed by atoms with E-state index in [2.05, 4.69) is 4.72 Å². The van der Waals surface area contributed by atoms with Crippen molar-refractivity contribution < 1.29 is 18.3 Å². The van der Waals surface area contributed by atoms with E-state index in [0.717, 1.165) is 0 Å². The van der Waals surface area contributed by atoms with Gasteiger partial charge in [0.1, 0.15) is 5.75 Å². The van der Waals surface area contributed by atoms with E-state index in [1.54, 1.807) is 0 Å². The lowest BCUT2D eigenvalue weighted by atomic mass is 9.65. The van der Waals surface area contributed by atoms with Gasteiger partial charge in [-0.15, -0.1) is 0 Å². The normalized spacial score (nSPS) is 25.0. The predicted octanol–water partition coefficient (Wildman–Crippen LogP) is 0.715. The van der Waals surface area contributed by atoms with Crippen LogP contribution in [0.2, 0.25) is 0 Å². The highest BCUT2D eigenvalue weighted by Gasteiger charge is 2.48. The van der Waals surface area contributed by atoms with Crippen LogP contribution in [0.4, 0.5) is 5.69 Å². The van der Waals surface area contributed by atoms with Gasteiger partial charge in [0.2, 0.25) is 10.0 Å². The highest BCUT2D eigenvalue weighted by Crippen LogP contribution is 2.41. The average Bonchev–Trinajstić information content (AvgIpc) is 2.38. The fraction of sp³-hybridized carbons (Fsp3) is 0.538. The summed E-state index contributed by atoms with van der Waals surface area (Å²) in [6.45, 7) is 3.66. The number of benzene rings is 1. The minimum absolute atomic E-state index is 0.0979. The van der Waals surface area contributed by atoms with Gasteiger partial charge in [0.25, 0.3) is 0 Å². The molecule has 0 bridgehead atoms. The van der Waals surface area contributed by atoms with Crippen LogP contribution < -0.4 is 15.2 Å². The summed E-state index contributed by atoms with van der Waals surface area (Å²) in [7, 11) is -2.23. The van der Waals surface area contributed by atoms with Gasteiger partial charge in [0.15, 0.2) is 0 Å². The van der Waals surface area contributed by atoms with Crippen molar-refractivity contribution in [2.45, 2.75) is 37.3 Å². The molecule has 0 aromatic heterocycles. The summed E-state index contributed by atoms with van der Waals surface area (Å²) in [6.07, 6.45) is -0.0747. The topological polar surface area (TPSA) is 102 Å². The molecule has 1 aliphatic rings. The number of anilines is 1. The van der Waals surface area contributed by atoms with E-state index >= 15 is 0 Å². The molecule has 6 nitrogen and oxygen atoms in total. The predicted molar refractivity (Wildman–Crippen MR) is 75.9 cm³/mol. The third-order valence-corrected chi connectivity index (χ3v) is 5.50. The molecule has 0 aliphatic heterocycles. The number of sulfonamides is 1. The van der Waals surface area contributed by atoms with Crippen molar-refractivity contribution >= 4 is 15.7 Å². The second kappa shape index (κ2) is 4.91.